The Morgan fingerprint density at radius 2 is 2.28 bits per heavy atom. The van der Waals surface area contributed by atoms with Gasteiger partial charge in [-0.25, -0.2) is 4.79 Å². The van der Waals surface area contributed by atoms with Gasteiger partial charge in [0.15, 0.2) is 5.69 Å². The van der Waals surface area contributed by atoms with E-state index in [1.807, 2.05) is 19.2 Å². The molecule has 1 fully saturated rings. The highest BCUT2D eigenvalue weighted by molar-refractivity contribution is 5.89. The zero-order valence-corrected chi connectivity index (χ0v) is 14.6. The maximum atomic E-state index is 12.4. The summed E-state index contributed by atoms with van der Waals surface area (Å²) in [5, 5.41) is 4.64. The molecule has 6 heteroatoms. The van der Waals surface area contributed by atoms with Gasteiger partial charge in [0.25, 0.3) is 0 Å². The van der Waals surface area contributed by atoms with E-state index in [4.69, 9.17) is 4.74 Å². The van der Waals surface area contributed by atoms with Crippen molar-refractivity contribution < 1.29 is 9.53 Å². The predicted molar refractivity (Wildman–Crippen MR) is 93.0 cm³/mol. The van der Waals surface area contributed by atoms with Gasteiger partial charge in [-0.1, -0.05) is 6.07 Å². The SMILES string of the molecule is CCOC(=O)c1nn(CC2CC2)c2c1CN(Cc1cccnc1)CC2. The number of pyridine rings is 1. The lowest BCUT2D eigenvalue weighted by atomic mass is 10.0. The summed E-state index contributed by atoms with van der Waals surface area (Å²) in [4.78, 5) is 18.9. The molecule has 0 unspecified atom stereocenters. The largest absolute Gasteiger partial charge is 0.461 e. The number of hydrogen-bond donors (Lipinski definition) is 0. The van der Waals surface area contributed by atoms with Crippen LogP contribution in [0.15, 0.2) is 24.5 Å². The highest BCUT2D eigenvalue weighted by atomic mass is 16.5. The smallest absolute Gasteiger partial charge is 0.359 e. The minimum absolute atomic E-state index is 0.295. The summed E-state index contributed by atoms with van der Waals surface area (Å²) < 4.78 is 7.31. The van der Waals surface area contributed by atoms with Gasteiger partial charge in [0, 0.05) is 56.3 Å². The van der Waals surface area contributed by atoms with Crippen LogP contribution in [0.2, 0.25) is 0 Å². The molecule has 0 radical (unpaired) electrons. The molecule has 0 spiro atoms. The van der Waals surface area contributed by atoms with Crippen LogP contribution in [0.25, 0.3) is 0 Å². The van der Waals surface area contributed by atoms with E-state index in [1.165, 1.54) is 24.1 Å². The molecule has 0 N–H and O–H groups in total. The maximum Gasteiger partial charge on any atom is 0.359 e. The average Bonchev–Trinajstić information content (AvgIpc) is 3.37. The topological polar surface area (TPSA) is 60.2 Å². The van der Waals surface area contributed by atoms with Crippen LogP contribution in [-0.4, -0.2) is 38.8 Å². The van der Waals surface area contributed by atoms with Gasteiger partial charge in [-0.05, 0) is 37.3 Å². The van der Waals surface area contributed by atoms with E-state index in [-0.39, 0.29) is 5.97 Å². The molecule has 0 amide bonds. The quantitative estimate of drug-likeness (QED) is 0.756. The van der Waals surface area contributed by atoms with E-state index in [0.29, 0.717) is 12.3 Å². The first kappa shape index (κ1) is 16.3. The number of carbonyl (C=O) groups excluding carboxylic acids is 1. The van der Waals surface area contributed by atoms with Crippen molar-refractivity contribution in [1.82, 2.24) is 19.7 Å². The lowest BCUT2D eigenvalue weighted by molar-refractivity contribution is 0.0515. The zero-order valence-electron chi connectivity index (χ0n) is 14.6. The summed E-state index contributed by atoms with van der Waals surface area (Å²) in [6.07, 6.45) is 7.17. The van der Waals surface area contributed by atoms with E-state index in [9.17, 15) is 4.79 Å². The Labute approximate surface area is 147 Å². The Balaban J connectivity index is 1.58. The van der Waals surface area contributed by atoms with Crippen LogP contribution in [0, 0.1) is 5.92 Å². The van der Waals surface area contributed by atoms with Crippen molar-refractivity contribution in [3.8, 4) is 0 Å². The number of rotatable bonds is 6. The van der Waals surface area contributed by atoms with Crippen LogP contribution >= 0.6 is 0 Å². The molecule has 0 aromatic carbocycles. The molecule has 4 rings (SSSR count). The van der Waals surface area contributed by atoms with Gasteiger partial charge < -0.3 is 4.74 Å². The Bertz CT molecular complexity index is 752. The highest BCUT2D eigenvalue weighted by Gasteiger charge is 2.31. The van der Waals surface area contributed by atoms with Crippen molar-refractivity contribution in [2.24, 2.45) is 5.92 Å². The molecule has 132 valence electrons. The fourth-order valence-corrected chi connectivity index (χ4v) is 3.49. The molecule has 2 aromatic rings. The predicted octanol–water partition coefficient (Wildman–Crippen LogP) is 2.42. The molecule has 25 heavy (non-hydrogen) atoms. The van der Waals surface area contributed by atoms with Crippen LogP contribution in [0.1, 0.15) is 47.1 Å². The van der Waals surface area contributed by atoms with E-state index in [2.05, 4.69) is 25.7 Å². The minimum atomic E-state index is -0.295. The first-order valence-electron chi connectivity index (χ1n) is 9.11. The summed E-state index contributed by atoms with van der Waals surface area (Å²) in [7, 11) is 0. The Morgan fingerprint density at radius 1 is 1.40 bits per heavy atom. The van der Waals surface area contributed by atoms with Crippen LogP contribution in [0.5, 0.6) is 0 Å². The molecule has 6 nitrogen and oxygen atoms in total. The van der Waals surface area contributed by atoms with Gasteiger partial charge in [-0.2, -0.15) is 5.10 Å². The molecule has 0 saturated heterocycles. The second-order valence-electron chi connectivity index (χ2n) is 6.94. The monoisotopic (exact) mass is 340 g/mol. The maximum absolute atomic E-state index is 12.4. The van der Waals surface area contributed by atoms with Gasteiger partial charge in [0.05, 0.1) is 6.61 Å². The fourth-order valence-electron chi connectivity index (χ4n) is 3.49. The van der Waals surface area contributed by atoms with Crippen LogP contribution in [0.4, 0.5) is 0 Å². The summed E-state index contributed by atoms with van der Waals surface area (Å²) in [6, 6.07) is 4.05. The molecule has 0 bridgehead atoms. The van der Waals surface area contributed by atoms with Gasteiger partial charge in [0.1, 0.15) is 0 Å². The lowest BCUT2D eigenvalue weighted by Gasteiger charge is -2.27. The normalized spacial score (nSPS) is 17.3. The van der Waals surface area contributed by atoms with E-state index in [0.717, 1.165) is 44.1 Å². The third kappa shape index (κ3) is 3.58. The summed E-state index contributed by atoms with van der Waals surface area (Å²) in [5.41, 5.74) is 3.97. The molecule has 0 atom stereocenters. The average molecular weight is 340 g/mol. The van der Waals surface area contributed by atoms with Crippen LogP contribution in [0.3, 0.4) is 0 Å². The Morgan fingerprint density at radius 3 is 3.00 bits per heavy atom. The number of nitrogens with zero attached hydrogens (tertiary/aromatic N) is 4. The van der Waals surface area contributed by atoms with Crippen molar-refractivity contribution in [3.05, 3.63) is 47.0 Å². The first-order valence-corrected chi connectivity index (χ1v) is 9.11. The summed E-state index contributed by atoms with van der Waals surface area (Å²) in [6.45, 7) is 5.69. The molecule has 1 saturated carbocycles. The van der Waals surface area contributed by atoms with Gasteiger partial charge in [-0.15, -0.1) is 0 Å². The zero-order chi connectivity index (χ0) is 17.2. The molecule has 1 aliphatic carbocycles. The van der Waals surface area contributed by atoms with E-state index in [1.54, 1.807) is 6.20 Å². The standard InChI is InChI=1S/C19H24N4O2/c1-2-25-19(24)18-16-13-22(11-15-4-3-8-20-10-15)9-7-17(16)23(21-18)12-14-5-6-14/h3-4,8,10,14H,2,5-7,9,11-13H2,1H3. The highest BCUT2D eigenvalue weighted by Crippen LogP contribution is 2.33. The third-order valence-corrected chi connectivity index (χ3v) is 4.94. The third-order valence-electron chi connectivity index (χ3n) is 4.94. The summed E-state index contributed by atoms with van der Waals surface area (Å²) >= 11 is 0. The number of ether oxygens (including phenoxy) is 1. The number of carbonyl (C=O) groups is 1. The second-order valence-corrected chi connectivity index (χ2v) is 6.94. The van der Waals surface area contributed by atoms with E-state index < -0.39 is 0 Å². The van der Waals surface area contributed by atoms with Crippen molar-refractivity contribution in [3.63, 3.8) is 0 Å². The first-order chi connectivity index (χ1) is 12.2. The Kier molecular flexibility index (Phi) is 4.53. The lowest BCUT2D eigenvalue weighted by Crippen LogP contribution is -2.31. The number of hydrogen-bond acceptors (Lipinski definition) is 5. The molecular formula is C19H24N4O2. The minimum Gasteiger partial charge on any atom is -0.461 e. The van der Waals surface area contributed by atoms with Gasteiger partial charge in [0.2, 0.25) is 0 Å². The van der Waals surface area contributed by atoms with Crippen LogP contribution < -0.4 is 0 Å². The van der Waals surface area contributed by atoms with Gasteiger partial charge in [-0.3, -0.25) is 14.6 Å². The van der Waals surface area contributed by atoms with Gasteiger partial charge >= 0.3 is 5.97 Å². The van der Waals surface area contributed by atoms with Crippen molar-refractivity contribution in [2.45, 2.75) is 45.8 Å². The molecule has 1 aliphatic heterocycles. The summed E-state index contributed by atoms with van der Waals surface area (Å²) in [5.74, 6) is 0.434. The molecule has 2 aliphatic rings. The molecular weight excluding hydrogens is 316 g/mol. The second kappa shape index (κ2) is 6.96. The van der Waals surface area contributed by atoms with Crippen molar-refractivity contribution >= 4 is 5.97 Å². The van der Waals surface area contributed by atoms with Crippen LogP contribution in [-0.2, 0) is 30.8 Å². The van der Waals surface area contributed by atoms with Crippen molar-refractivity contribution in [1.29, 1.82) is 0 Å². The number of fused-ring (bicyclic) bond motifs is 1. The van der Waals surface area contributed by atoms with E-state index >= 15 is 0 Å². The fraction of sp³-hybridized carbons (Fsp3) is 0.526. The number of esters is 1. The van der Waals surface area contributed by atoms with Crippen molar-refractivity contribution in [2.75, 3.05) is 13.2 Å². The molecule has 3 heterocycles. The Hall–Kier alpha value is -2.21. The number of aromatic nitrogens is 3. The molecule has 2 aromatic heterocycles.